The molecular weight excluding hydrogens is 266 g/mol. The minimum absolute atomic E-state index is 0.231. The zero-order chi connectivity index (χ0) is 14.0. The average molecular weight is 290 g/mol. The van der Waals surface area contributed by atoms with Crippen LogP contribution in [0.25, 0.3) is 0 Å². The summed E-state index contributed by atoms with van der Waals surface area (Å²) in [6.07, 6.45) is 2.08. The van der Waals surface area contributed by atoms with Gasteiger partial charge in [-0.3, -0.25) is 4.79 Å². The first kappa shape index (κ1) is 14.2. The van der Waals surface area contributed by atoms with Gasteiger partial charge in [-0.05, 0) is 23.8 Å². The molecule has 2 aliphatic rings. The molecule has 1 aromatic rings. The minimum atomic E-state index is 0.231. The second-order valence-electron chi connectivity index (χ2n) is 6.54. The molecular formula is C17H24NOS+. The first-order chi connectivity index (χ1) is 9.67. The summed E-state index contributed by atoms with van der Waals surface area (Å²) in [6, 6.07) is 10.7. The topological polar surface area (TPSA) is 21.5 Å². The van der Waals surface area contributed by atoms with Gasteiger partial charge in [-0.15, -0.1) is 0 Å². The quantitative estimate of drug-likeness (QED) is 0.909. The van der Waals surface area contributed by atoms with Crippen LogP contribution < -0.4 is 4.90 Å². The molecule has 1 heterocycles. The van der Waals surface area contributed by atoms with E-state index >= 15 is 0 Å². The fraction of sp³-hybridized carbons (Fsp3) is 0.588. The average Bonchev–Trinajstić information content (AvgIpc) is 2.46. The van der Waals surface area contributed by atoms with Crippen LogP contribution in [0, 0.1) is 5.92 Å². The Morgan fingerprint density at radius 2 is 1.90 bits per heavy atom. The highest BCUT2D eigenvalue weighted by atomic mass is 32.2. The number of carbonyl (C=O) groups excluding carboxylic acids is 1. The predicted molar refractivity (Wildman–Crippen MR) is 84.4 cm³/mol. The molecule has 1 saturated heterocycles. The van der Waals surface area contributed by atoms with Crippen molar-refractivity contribution in [2.24, 2.45) is 5.92 Å². The molecule has 2 fully saturated rings. The molecule has 1 aromatic carbocycles. The molecule has 1 N–H and O–H groups in total. The van der Waals surface area contributed by atoms with Crippen LogP contribution >= 0.6 is 11.8 Å². The van der Waals surface area contributed by atoms with Crippen LogP contribution in [0.3, 0.4) is 0 Å². The van der Waals surface area contributed by atoms with Crippen LogP contribution in [0.4, 0.5) is 0 Å². The number of benzene rings is 1. The van der Waals surface area contributed by atoms with Gasteiger partial charge in [0.15, 0.2) is 5.78 Å². The van der Waals surface area contributed by atoms with Gasteiger partial charge in [0.25, 0.3) is 0 Å². The summed E-state index contributed by atoms with van der Waals surface area (Å²) in [5.74, 6) is 3.24. The molecule has 3 rings (SSSR count). The van der Waals surface area contributed by atoms with Crippen molar-refractivity contribution in [1.82, 2.24) is 0 Å². The van der Waals surface area contributed by atoms with Gasteiger partial charge in [-0.2, -0.15) is 11.8 Å². The summed E-state index contributed by atoms with van der Waals surface area (Å²) in [6.45, 7) is 5.39. The second kappa shape index (κ2) is 5.90. The highest BCUT2D eigenvalue weighted by Crippen LogP contribution is 2.47. The molecule has 0 unspecified atom stereocenters. The molecule has 0 amide bonds. The summed E-state index contributed by atoms with van der Waals surface area (Å²) in [7, 11) is 0. The number of hydrogen-bond donors (Lipinski definition) is 1. The maximum absolute atomic E-state index is 12.4. The van der Waals surface area contributed by atoms with Crippen LogP contribution in [0.1, 0.15) is 25.3 Å². The van der Waals surface area contributed by atoms with E-state index in [1.165, 1.54) is 35.1 Å². The Balaban J connectivity index is 1.53. The fourth-order valence-corrected chi connectivity index (χ4v) is 4.63. The molecule has 0 radical (unpaired) electrons. The van der Waals surface area contributed by atoms with Crippen molar-refractivity contribution in [3.8, 4) is 0 Å². The number of nitrogens with one attached hydrogen (secondary N) is 1. The lowest BCUT2D eigenvalue weighted by Gasteiger charge is -2.45. The molecule has 1 aliphatic heterocycles. The maximum Gasteiger partial charge on any atom is 0.189 e. The van der Waals surface area contributed by atoms with Crippen LogP contribution in [-0.4, -0.2) is 36.9 Å². The summed E-state index contributed by atoms with van der Waals surface area (Å²) in [5, 5.41) is 0. The van der Waals surface area contributed by atoms with Gasteiger partial charge in [0.2, 0.25) is 0 Å². The number of hydrogen-bond acceptors (Lipinski definition) is 2. The van der Waals surface area contributed by atoms with E-state index in [9.17, 15) is 4.79 Å². The molecule has 108 valence electrons. The second-order valence-corrected chi connectivity index (χ2v) is 7.76. The smallest absolute Gasteiger partial charge is 0.189 e. The molecule has 3 heteroatoms. The summed E-state index contributed by atoms with van der Waals surface area (Å²) >= 11 is 2.02. The normalized spacial score (nSPS) is 30.8. The van der Waals surface area contributed by atoms with E-state index in [1.54, 1.807) is 0 Å². The third-order valence-corrected chi connectivity index (χ3v) is 5.93. The Morgan fingerprint density at radius 3 is 2.55 bits per heavy atom. The van der Waals surface area contributed by atoms with Gasteiger partial charge in [0, 0.05) is 17.4 Å². The summed E-state index contributed by atoms with van der Waals surface area (Å²) in [4.78, 5) is 13.9. The van der Waals surface area contributed by atoms with Crippen molar-refractivity contribution >= 4 is 17.5 Å². The zero-order valence-corrected chi connectivity index (χ0v) is 13.0. The molecule has 0 bridgehead atoms. The van der Waals surface area contributed by atoms with E-state index < -0.39 is 0 Å². The Kier molecular flexibility index (Phi) is 4.18. The van der Waals surface area contributed by atoms with Gasteiger partial charge in [-0.25, -0.2) is 0 Å². The molecule has 0 atom stereocenters. The number of ketones is 1. The number of carbonyl (C=O) groups is 1. The monoisotopic (exact) mass is 290 g/mol. The lowest BCUT2D eigenvalue weighted by atomic mass is 9.58. The van der Waals surface area contributed by atoms with E-state index in [0.29, 0.717) is 11.7 Å². The molecule has 1 saturated carbocycles. The van der Waals surface area contributed by atoms with Gasteiger partial charge in [0.1, 0.15) is 6.54 Å². The molecule has 1 aliphatic carbocycles. The number of thioether (sulfide) groups is 1. The standard InChI is InChI=1S/C17H23NOS/c1-17(15-5-3-2-4-6-15)11-14(12-17)16(19)13-18-7-9-20-10-8-18/h2-6,14H,7-13H2,1H3/p+1. The summed E-state index contributed by atoms with van der Waals surface area (Å²) < 4.78 is 0. The first-order valence-electron chi connectivity index (χ1n) is 7.67. The molecule has 0 spiro atoms. The number of quaternary nitrogens is 1. The third kappa shape index (κ3) is 2.94. The van der Waals surface area contributed by atoms with Crippen molar-refractivity contribution in [2.45, 2.75) is 25.2 Å². The van der Waals surface area contributed by atoms with Crippen LogP contribution in [-0.2, 0) is 10.2 Å². The highest BCUT2D eigenvalue weighted by Gasteiger charge is 2.45. The van der Waals surface area contributed by atoms with Crippen molar-refractivity contribution in [2.75, 3.05) is 31.1 Å². The lowest BCUT2D eigenvalue weighted by Crippen LogP contribution is -3.14. The van der Waals surface area contributed by atoms with E-state index in [-0.39, 0.29) is 5.41 Å². The van der Waals surface area contributed by atoms with E-state index in [2.05, 4.69) is 37.3 Å². The Bertz CT molecular complexity index is 461. The molecule has 0 aromatic heterocycles. The van der Waals surface area contributed by atoms with Crippen LogP contribution in [0.2, 0.25) is 0 Å². The Hall–Kier alpha value is -0.800. The minimum Gasteiger partial charge on any atom is -0.327 e. The maximum atomic E-state index is 12.4. The Morgan fingerprint density at radius 1 is 1.25 bits per heavy atom. The molecule has 2 nitrogen and oxygen atoms in total. The van der Waals surface area contributed by atoms with E-state index in [4.69, 9.17) is 0 Å². The zero-order valence-electron chi connectivity index (χ0n) is 12.2. The van der Waals surface area contributed by atoms with Crippen molar-refractivity contribution in [3.05, 3.63) is 35.9 Å². The fourth-order valence-electron chi connectivity index (χ4n) is 3.56. The van der Waals surface area contributed by atoms with Gasteiger partial charge >= 0.3 is 0 Å². The first-order valence-corrected chi connectivity index (χ1v) is 8.82. The highest BCUT2D eigenvalue weighted by molar-refractivity contribution is 7.99. The lowest BCUT2D eigenvalue weighted by molar-refractivity contribution is -0.888. The van der Waals surface area contributed by atoms with Gasteiger partial charge in [0.05, 0.1) is 13.1 Å². The summed E-state index contributed by atoms with van der Waals surface area (Å²) in [5.41, 5.74) is 1.63. The third-order valence-electron chi connectivity index (χ3n) is 4.94. The van der Waals surface area contributed by atoms with Gasteiger partial charge in [-0.1, -0.05) is 37.3 Å². The SMILES string of the molecule is CC1(c2ccccc2)CC(C(=O)C[NH+]2CCSCC2)C1. The van der Waals surface area contributed by atoms with Crippen LogP contribution in [0.15, 0.2) is 30.3 Å². The van der Waals surface area contributed by atoms with Crippen LogP contribution in [0.5, 0.6) is 0 Å². The van der Waals surface area contributed by atoms with Crippen molar-refractivity contribution in [3.63, 3.8) is 0 Å². The largest absolute Gasteiger partial charge is 0.327 e. The molecule has 20 heavy (non-hydrogen) atoms. The van der Waals surface area contributed by atoms with Crippen molar-refractivity contribution < 1.29 is 9.69 Å². The van der Waals surface area contributed by atoms with Crippen molar-refractivity contribution in [1.29, 1.82) is 0 Å². The number of Topliss-reactive ketones (excluding diaryl/α,β-unsaturated/α-hetero) is 1. The van der Waals surface area contributed by atoms with E-state index in [1.807, 2.05) is 11.8 Å². The Labute approximate surface area is 125 Å². The predicted octanol–water partition coefficient (Wildman–Crippen LogP) is 1.56. The van der Waals surface area contributed by atoms with E-state index in [0.717, 1.165) is 19.4 Å². The van der Waals surface area contributed by atoms with Gasteiger partial charge < -0.3 is 4.90 Å². The number of rotatable bonds is 4.